The number of hydrogen-bond acceptors (Lipinski definition) is 1. The lowest BCUT2D eigenvalue weighted by molar-refractivity contribution is 0.369. The molecule has 1 aromatic rings. The van der Waals surface area contributed by atoms with Crippen molar-refractivity contribution in [3.63, 3.8) is 0 Å². The highest BCUT2D eigenvalue weighted by Gasteiger charge is 2.15. The van der Waals surface area contributed by atoms with Crippen LogP contribution in [0.3, 0.4) is 0 Å². The monoisotopic (exact) mass is 183 g/mol. The van der Waals surface area contributed by atoms with Crippen LogP contribution in [-0.4, -0.2) is 12.6 Å². The summed E-state index contributed by atoms with van der Waals surface area (Å²) in [7, 11) is 0. The first-order chi connectivity index (χ1) is 5.45. The van der Waals surface area contributed by atoms with Crippen LogP contribution in [0.2, 0.25) is 0 Å². The second kappa shape index (κ2) is 4.48. The Morgan fingerprint density at radius 3 is 2.42 bits per heavy atom. The zero-order chi connectivity index (χ0) is 7.52. The van der Waals surface area contributed by atoms with Crippen LogP contribution in [0.25, 0.3) is 0 Å². The SMILES string of the molecule is Cl.c1ccc(CC2CCN2)cc1. The van der Waals surface area contributed by atoms with Crippen LogP contribution in [-0.2, 0) is 6.42 Å². The summed E-state index contributed by atoms with van der Waals surface area (Å²) < 4.78 is 0. The number of halogens is 1. The Morgan fingerprint density at radius 2 is 1.92 bits per heavy atom. The van der Waals surface area contributed by atoms with Gasteiger partial charge >= 0.3 is 0 Å². The number of hydrogen-bond donors (Lipinski definition) is 1. The third-order valence-corrected chi connectivity index (χ3v) is 2.25. The zero-order valence-electron chi connectivity index (χ0n) is 6.99. The number of rotatable bonds is 2. The van der Waals surface area contributed by atoms with Gasteiger partial charge in [-0.15, -0.1) is 12.4 Å². The molecule has 1 unspecified atom stereocenters. The van der Waals surface area contributed by atoms with Crippen molar-refractivity contribution in [1.82, 2.24) is 5.32 Å². The van der Waals surface area contributed by atoms with Crippen LogP contribution in [0.5, 0.6) is 0 Å². The molecule has 1 aliphatic rings. The van der Waals surface area contributed by atoms with E-state index in [2.05, 4.69) is 35.6 Å². The van der Waals surface area contributed by atoms with E-state index in [0.717, 1.165) is 6.04 Å². The third kappa shape index (κ3) is 2.23. The summed E-state index contributed by atoms with van der Waals surface area (Å²) in [5, 5.41) is 3.39. The minimum Gasteiger partial charge on any atom is -0.314 e. The smallest absolute Gasteiger partial charge is 0.0120 e. The third-order valence-electron chi connectivity index (χ3n) is 2.25. The largest absolute Gasteiger partial charge is 0.314 e. The molecule has 1 atom stereocenters. The molecule has 0 bridgehead atoms. The van der Waals surface area contributed by atoms with Crippen LogP contribution in [0.4, 0.5) is 0 Å². The number of nitrogens with one attached hydrogen (secondary N) is 1. The first-order valence-corrected chi connectivity index (χ1v) is 4.22. The molecule has 12 heavy (non-hydrogen) atoms. The Hall–Kier alpha value is -0.530. The topological polar surface area (TPSA) is 12.0 Å². The van der Waals surface area contributed by atoms with Gasteiger partial charge in [0.25, 0.3) is 0 Å². The van der Waals surface area contributed by atoms with Gasteiger partial charge in [0.2, 0.25) is 0 Å². The van der Waals surface area contributed by atoms with E-state index in [0.29, 0.717) is 0 Å². The molecule has 1 nitrogen and oxygen atoms in total. The molecular weight excluding hydrogens is 170 g/mol. The second-order valence-corrected chi connectivity index (χ2v) is 3.13. The summed E-state index contributed by atoms with van der Waals surface area (Å²) in [6.07, 6.45) is 2.54. The van der Waals surface area contributed by atoms with E-state index in [4.69, 9.17) is 0 Å². The lowest BCUT2D eigenvalue weighted by atomic mass is 9.98. The molecule has 1 aliphatic heterocycles. The lowest BCUT2D eigenvalue weighted by Crippen LogP contribution is -2.44. The van der Waals surface area contributed by atoms with Crippen LogP contribution in [0.1, 0.15) is 12.0 Å². The van der Waals surface area contributed by atoms with E-state index in [1.807, 2.05) is 0 Å². The molecule has 0 saturated carbocycles. The maximum Gasteiger partial charge on any atom is 0.0120 e. The van der Waals surface area contributed by atoms with Crippen molar-refractivity contribution in [2.24, 2.45) is 0 Å². The molecule has 0 amide bonds. The van der Waals surface area contributed by atoms with E-state index >= 15 is 0 Å². The Balaban J connectivity index is 0.000000720. The van der Waals surface area contributed by atoms with Gasteiger partial charge in [-0.3, -0.25) is 0 Å². The minimum absolute atomic E-state index is 0. The molecule has 1 fully saturated rings. The standard InChI is InChI=1S/C10H13N.ClH/c1-2-4-9(5-3-1)8-10-6-7-11-10;/h1-5,10-11H,6-8H2;1H. The normalized spacial score (nSPS) is 20.8. The van der Waals surface area contributed by atoms with Crippen molar-refractivity contribution < 1.29 is 0 Å². The van der Waals surface area contributed by atoms with Crippen molar-refractivity contribution >= 4 is 12.4 Å². The molecule has 2 heteroatoms. The van der Waals surface area contributed by atoms with E-state index in [1.165, 1.54) is 24.9 Å². The van der Waals surface area contributed by atoms with Crippen LogP contribution in [0.15, 0.2) is 30.3 Å². The first-order valence-electron chi connectivity index (χ1n) is 4.22. The Morgan fingerprint density at radius 1 is 1.25 bits per heavy atom. The fourth-order valence-electron chi connectivity index (χ4n) is 1.42. The van der Waals surface area contributed by atoms with Gasteiger partial charge in [0, 0.05) is 6.04 Å². The van der Waals surface area contributed by atoms with Crippen molar-refractivity contribution in [3.05, 3.63) is 35.9 Å². The van der Waals surface area contributed by atoms with Gasteiger partial charge < -0.3 is 5.32 Å². The quantitative estimate of drug-likeness (QED) is 0.740. The molecule has 0 aromatic heterocycles. The van der Waals surface area contributed by atoms with Gasteiger partial charge in [-0.1, -0.05) is 30.3 Å². The average Bonchev–Trinajstić information content (AvgIpc) is 1.99. The highest BCUT2D eigenvalue weighted by atomic mass is 35.5. The van der Waals surface area contributed by atoms with E-state index in [1.54, 1.807) is 0 Å². The molecule has 0 spiro atoms. The van der Waals surface area contributed by atoms with Crippen molar-refractivity contribution in [1.29, 1.82) is 0 Å². The molecule has 0 aliphatic carbocycles. The average molecular weight is 184 g/mol. The molecule has 0 radical (unpaired) electrons. The van der Waals surface area contributed by atoms with E-state index < -0.39 is 0 Å². The van der Waals surface area contributed by atoms with Gasteiger partial charge in [0.05, 0.1) is 0 Å². The minimum atomic E-state index is 0. The summed E-state index contributed by atoms with van der Waals surface area (Å²) in [5.74, 6) is 0. The Labute approximate surface area is 79.6 Å². The molecule has 1 heterocycles. The van der Waals surface area contributed by atoms with E-state index in [-0.39, 0.29) is 12.4 Å². The fraction of sp³-hybridized carbons (Fsp3) is 0.400. The molecule has 66 valence electrons. The summed E-state index contributed by atoms with van der Waals surface area (Å²) in [6, 6.07) is 11.4. The van der Waals surface area contributed by atoms with Crippen molar-refractivity contribution in [2.75, 3.05) is 6.54 Å². The first kappa shape index (κ1) is 9.56. The van der Waals surface area contributed by atoms with Crippen molar-refractivity contribution in [2.45, 2.75) is 18.9 Å². The second-order valence-electron chi connectivity index (χ2n) is 3.13. The summed E-state index contributed by atoms with van der Waals surface area (Å²) >= 11 is 0. The maximum atomic E-state index is 3.39. The van der Waals surface area contributed by atoms with E-state index in [9.17, 15) is 0 Å². The molecular formula is C10H14ClN. The van der Waals surface area contributed by atoms with Gasteiger partial charge in [0.1, 0.15) is 0 Å². The van der Waals surface area contributed by atoms with Crippen LogP contribution < -0.4 is 5.32 Å². The maximum absolute atomic E-state index is 3.39. The Bertz CT molecular complexity index is 219. The van der Waals surface area contributed by atoms with Gasteiger partial charge in [-0.25, -0.2) is 0 Å². The summed E-state index contributed by atoms with van der Waals surface area (Å²) in [5.41, 5.74) is 1.45. The highest BCUT2D eigenvalue weighted by molar-refractivity contribution is 5.85. The molecule has 1 N–H and O–H groups in total. The van der Waals surface area contributed by atoms with Gasteiger partial charge in [0.15, 0.2) is 0 Å². The Kier molecular flexibility index (Phi) is 3.57. The van der Waals surface area contributed by atoms with Gasteiger partial charge in [-0.05, 0) is 24.9 Å². The number of benzene rings is 1. The highest BCUT2D eigenvalue weighted by Crippen LogP contribution is 2.09. The molecule has 2 rings (SSSR count). The fourth-order valence-corrected chi connectivity index (χ4v) is 1.42. The predicted molar refractivity (Wildman–Crippen MR) is 53.8 cm³/mol. The van der Waals surface area contributed by atoms with Crippen LogP contribution in [0, 0.1) is 0 Å². The summed E-state index contributed by atoms with van der Waals surface area (Å²) in [4.78, 5) is 0. The van der Waals surface area contributed by atoms with Crippen LogP contribution >= 0.6 is 12.4 Å². The van der Waals surface area contributed by atoms with Gasteiger partial charge in [-0.2, -0.15) is 0 Å². The predicted octanol–water partition coefficient (Wildman–Crippen LogP) is 2.01. The molecule has 1 saturated heterocycles. The van der Waals surface area contributed by atoms with Crippen molar-refractivity contribution in [3.8, 4) is 0 Å². The summed E-state index contributed by atoms with van der Waals surface area (Å²) in [6.45, 7) is 1.21. The zero-order valence-corrected chi connectivity index (χ0v) is 7.81. The lowest BCUT2D eigenvalue weighted by Gasteiger charge is -2.27. The molecule has 1 aromatic carbocycles.